The lowest BCUT2D eigenvalue weighted by Gasteiger charge is -2.14. The van der Waals surface area contributed by atoms with E-state index in [4.69, 9.17) is 0 Å². The molecule has 120 valence electrons. The molecule has 0 radical (unpaired) electrons. The van der Waals surface area contributed by atoms with Crippen molar-refractivity contribution in [2.75, 3.05) is 5.32 Å². The van der Waals surface area contributed by atoms with E-state index in [9.17, 15) is 4.79 Å². The maximum atomic E-state index is 12.3. The second kappa shape index (κ2) is 7.37. The molecule has 5 nitrogen and oxygen atoms in total. The summed E-state index contributed by atoms with van der Waals surface area (Å²) in [4.78, 5) is 20.7. The second-order valence-corrected chi connectivity index (χ2v) is 5.39. The van der Waals surface area contributed by atoms with Crippen LogP contribution in [0.5, 0.6) is 0 Å². The van der Waals surface area contributed by atoms with Crippen LogP contribution in [0.3, 0.4) is 0 Å². The van der Waals surface area contributed by atoms with Crippen molar-refractivity contribution in [3.63, 3.8) is 0 Å². The van der Waals surface area contributed by atoms with Crippen LogP contribution >= 0.6 is 0 Å². The first-order chi connectivity index (χ1) is 11.7. The Bertz CT molecular complexity index is 789. The molecule has 1 aromatic heterocycles. The smallest absolute Gasteiger partial charge is 0.254 e. The first-order valence-corrected chi connectivity index (χ1v) is 7.72. The van der Waals surface area contributed by atoms with Gasteiger partial charge in [-0.25, -0.2) is 9.97 Å². The molecule has 0 bridgehead atoms. The molecule has 0 spiro atoms. The van der Waals surface area contributed by atoms with Gasteiger partial charge in [0.15, 0.2) is 0 Å². The first-order valence-electron chi connectivity index (χ1n) is 7.72. The van der Waals surface area contributed by atoms with Crippen LogP contribution in [-0.2, 0) is 0 Å². The summed E-state index contributed by atoms with van der Waals surface area (Å²) >= 11 is 0. The van der Waals surface area contributed by atoms with E-state index >= 15 is 0 Å². The summed E-state index contributed by atoms with van der Waals surface area (Å²) in [5.74, 6) is 0.256. The number of anilines is 2. The summed E-state index contributed by atoms with van der Waals surface area (Å²) in [5, 5.41) is 6.03. The molecule has 0 fully saturated rings. The van der Waals surface area contributed by atoms with Crippen LogP contribution in [0.15, 0.2) is 73.1 Å². The van der Waals surface area contributed by atoms with Gasteiger partial charge in [-0.1, -0.05) is 48.5 Å². The van der Waals surface area contributed by atoms with Crippen molar-refractivity contribution in [2.45, 2.75) is 13.0 Å². The summed E-state index contributed by atoms with van der Waals surface area (Å²) in [6.07, 6.45) is 3.04. The molecular formula is C19H18N4O. The molecule has 1 unspecified atom stereocenters. The Morgan fingerprint density at radius 1 is 0.917 bits per heavy atom. The highest BCUT2D eigenvalue weighted by molar-refractivity contribution is 5.93. The molecule has 0 aliphatic heterocycles. The number of carbonyl (C=O) groups excluding carboxylic acids is 1. The van der Waals surface area contributed by atoms with Crippen molar-refractivity contribution >= 4 is 17.5 Å². The van der Waals surface area contributed by atoms with Gasteiger partial charge >= 0.3 is 0 Å². The van der Waals surface area contributed by atoms with Crippen molar-refractivity contribution in [1.29, 1.82) is 0 Å². The Morgan fingerprint density at radius 2 is 1.50 bits per heavy atom. The van der Waals surface area contributed by atoms with E-state index in [1.54, 1.807) is 0 Å². The highest BCUT2D eigenvalue weighted by Crippen LogP contribution is 2.13. The first kappa shape index (κ1) is 15.7. The third kappa shape index (κ3) is 3.95. The van der Waals surface area contributed by atoms with Crippen LogP contribution in [0.2, 0.25) is 0 Å². The molecular weight excluding hydrogens is 300 g/mol. The van der Waals surface area contributed by atoms with Gasteiger partial charge in [0.2, 0.25) is 5.95 Å². The topological polar surface area (TPSA) is 66.9 Å². The number of aromatic nitrogens is 2. The number of nitrogens with zero attached hydrogens (tertiary/aromatic N) is 2. The molecule has 1 heterocycles. The molecule has 2 aromatic carbocycles. The van der Waals surface area contributed by atoms with Crippen molar-refractivity contribution in [3.05, 3.63) is 84.2 Å². The molecule has 0 saturated carbocycles. The summed E-state index contributed by atoms with van der Waals surface area (Å²) in [5.41, 5.74) is 2.37. The fourth-order valence-corrected chi connectivity index (χ4v) is 2.27. The number of hydrogen-bond donors (Lipinski definition) is 2. The predicted octanol–water partition coefficient (Wildman–Crippen LogP) is 3.71. The van der Waals surface area contributed by atoms with Crippen molar-refractivity contribution in [3.8, 4) is 0 Å². The van der Waals surface area contributed by atoms with Gasteiger partial charge in [-0.2, -0.15) is 0 Å². The minimum absolute atomic E-state index is 0.0826. The van der Waals surface area contributed by atoms with Gasteiger partial charge in [-0.3, -0.25) is 4.79 Å². The molecule has 24 heavy (non-hydrogen) atoms. The Balaban J connectivity index is 1.63. The zero-order valence-electron chi connectivity index (χ0n) is 13.3. The summed E-state index contributed by atoms with van der Waals surface area (Å²) in [7, 11) is 0. The Morgan fingerprint density at radius 3 is 2.12 bits per heavy atom. The van der Waals surface area contributed by atoms with Crippen molar-refractivity contribution in [1.82, 2.24) is 15.3 Å². The average Bonchev–Trinajstić information content (AvgIpc) is 2.64. The van der Waals surface area contributed by atoms with E-state index in [-0.39, 0.29) is 11.9 Å². The monoisotopic (exact) mass is 318 g/mol. The number of carbonyl (C=O) groups is 1. The van der Waals surface area contributed by atoms with Gasteiger partial charge in [0.25, 0.3) is 5.91 Å². The molecule has 3 rings (SSSR count). The molecule has 1 atom stereocenters. The van der Waals surface area contributed by atoms with Gasteiger partial charge in [0.1, 0.15) is 0 Å². The van der Waals surface area contributed by atoms with Crippen molar-refractivity contribution in [2.24, 2.45) is 0 Å². The van der Waals surface area contributed by atoms with Crippen LogP contribution in [0.25, 0.3) is 0 Å². The van der Waals surface area contributed by atoms with Gasteiger partial charge in [-0.15, -0.1) is 0 Å². The largest absolute Gasteiger partial charge is 0.345 e. The zero-order chi connectivity index (χ0) is 16.8. The maximum Gasteiger partial charge on any atom is 0.254 e. The molecule has 5 heteroatoms. The number of benzene rings is 2. The SMILES string of the molecule is CC(NC(=O)c1cnc(Nc2ccccc2)nc1)c1ccccc1. The normalized spacial score (nSPS) is 11.5. The van der Waals surface area contributed by atoms with Crippen LogP contribution in [0.4, 0.5) is 11.6 Å². The van der Waals surface area contributed by atoms with Crippen LogP contribution in [-0.4, -0.2) is 15.9 Å². The molecule has 0 aliphatic carbocycles. The van der Waals surface area contributed by atoms with Gasteiger partial charge < -0.3 is 10.6 Å². The second-order valence-electron chi connectivity index (χ2n) is 5.39. The van der Waals surface area contributed by atoms with E-state index in [0.717, 1.165) is 11.3 Å². The lowest BCUT2D eigenvalue weighted by Crippen LogP contribution is -2.26. The van der Waals surface area contributed by atoms with E-state index in [2.05, 4.69) is 20.6 Å². The lowest BCUT2D eigenvalue weighted by molar-refractivity contribution is 0.0939. The van der Waals surface area contributed by atoms with Crippen LogP contribution < -0.4 is 10.6 Å². The summed E-state index contributed by atoms with van der Waals surface area (Å²) in [6.45, 7) is 1.94. The number of hydrogen-bond acceptors (Lipinski definition) is 4. The van der Waals surface area contributed by atoms with E-state index in [1.807, 2.05) is 67.6 Å². The van der Waals surface area contributed by atoms with E-state index in [0.29, 0.717) is 11.5 Å². The quantitative estimate of drug-likeness (QED) is 0.752. The van der Waals surface area contributed by atoms with Gasteiger partial charge in [0.05, 0.1) is 11.6 Å². The number of para-hydroxylation sites is 1. The maximum absolute atomic E-state index is 12.3. The molecule has 2 N–H and O–H groups in total. The minimum atomic E-state index is -0.197. The van der Waals surface area contributed by atoms with Crippen molar-refractivity contribution < 1.29 is 4.79 Å². The van der Waals surface area contributed by atoms with Gasteiger partial charge in [0, 0.05) is 18.1 Å². The summed E-state index contributed by atoms with van der Waals surface area (Å²) in [6, 6.07) is 19.4. The summed E-state index contributed by atoms with van der Waals surface area (Å²) < 4.78 is 0. The van der Waals surface area contributed by atoms with Crippen LogP contribution in [0, 0.1) is 0 Å². The molecule has 0 saturated heterocycles. The fourth-order valence-electron chi connectivity index (χ4n) is 2.27. The zero-order valence-corrected chi connectivity index (χ0v) is 13.3. The lowest BCUT2D eigenvalue weighted by atomic mass is 10.1. The highest BCUT2D eigenvalue weighted by atomic mass is 16.1. The Kier molecular flexibility index (Phi) is 4.81. The van der Waals surface area contributed by atoms with E-state index in [1.165, 1.54) is 12.4 Å². The number of rotatable bonds is 5. The Labute approximate surface area is 140 Å². The fraction of sp³-hybridized carbons (Fsp3) is 0.105. The van der Waals surface area contributed by atoms with E-state index < -0.39 is 0 Å². The number of amides is 1. The molecule has 3 aromatic rings. The number of nitrogens with one attached hydrogen (secondary N) is 2. The highest BCUT2D eigenvalue weighted by Gasteiger charge is 2.12. The third-order valence-corrected chi connectivity index (χ3v) is 3.59. The molecule has 0 aliphatic rings. The third-order valence-electron chi connectivity index (χ3n) is 3.59. The molecule has 1 amide bonds. The minimum Gasteiger partial charge on any atom is -0.345 e. The standard InChI is InChI=1S/C19H18N4O/c1-14(15-8-4-2-5-9-15)22-18(24)16-12-20-19(21-13-16)23-17-10-6-3-7-11-17/h2-14H,1H3,(H,22,24)(H,20,21,23). The Hall–Kier alpha value is -3.21. The average molecular weight is 318 g/mol. The van der Waals surface area contributed by atoms with Gasteiger partial charge in [-0.05, 0) is 24.6 Å². The van der Waals surface area contributed by atoms with Crippen LogP contribution in [0.1, 0.15) is 28.9 Å². The predicted molar refractivity (Wildman–Crippen MR) is 94.1 cm³/mol.